The van der Waals surface area contributed by atoms with Gasteiger partial charge in [-0.3, -0.25) is 4.79 Å². The average molecular weight is 435 g/mol. The third-order valence-electron chi connectivity index (χ3n) is 6.87. The topological polar surface area (TPSA) is 95.9 Å². The molecule has 1 atom stereocenters. The monoisotopic (exact) mass is 434 g/mol. The fraction of sp³-hybridized carbons (Fsp3) is 0.500. The molecule has 2 aliphatic rings. The van der Waals surface area contributed by atoms with E-state index in [1.54, 1.807) is 4.90 Å². The molecule has 3 aromatic rings. The molecule has 0 spiro atoms. The van der Waals surface area contributed by atoms with Gasteiger partial charge in [0.1, 0.15) is 11.2 Å². The molecule has 8 nitrogen and oxygen atoms in total. The third-order valence-corrected chi connectivity index (χ3v) is 6.87. The van der Waals surface area contributed by atoms with Gasteiger partial charge in [-0.25, -0.2) is 14.5 Å². The number of urea groups is 1. The van der Waals surface area contributed by atoms with Crippen LogP contribution in [-0.2, 0) is 0 Å². The molecule has 3 heterocycles. The number of aromatic amines is 1. The lowest BCUT2D eigenvalue weighted by atomic mass is 9.96. The lowest BCUT2D eigenvalue weighted by molar-refractivity contribution is 0.146. The number of amides is 2. The van der Waals surface area contributed by atoms with E-state index in [1.165, 1.54) is 19.3 Å². The highest BCUT2D eigenvalue weighted by Gasteiger charge is 2.35. The largest absolute Gasteiger partial charge is 0.331 e. The maximum absolute atomic E-state index is 12.8. The summed E-state index contributed by atoms with van der Waals surface area (Å²) in [6.45, 7) is 4.93. The summed E-state index contributed by atoms with van der Waals surface area (Å²) in [6, 6.07) is 10.1. The van der Waals surface area contributed by atoms with Crippen LogP contribution in [-0.4, -0.2) is 43.8 Å². The Kier molecular flexibility index (Phi) is 5.45. The highest BCUT2D eigenvalue weighted by atomic mass is 16.2. The molecule has 0 bridgehead atoms. The van der Waals surface area contributed by atoms with Crippen LogP contribution in [0, 0.1) is 6.92 Å². The standard InChI is InChI=1S/C24H30N6O2/c1-15(17-9-5-3-6-10-17)25-24(32)29-13-18(14-29)21-26-22-20(23(31)27-21)16(2)28-30(22)19-11-7-4-8-12-19/h3,5-6,9-10,15,18-19H,4,7-8,11-14H2,1-2H3,(H,25,32)(H,26,27,31)/t15-/m0/s1. The quantitative estimate of drug-likeness (QED) is 0.653. The number of fused-ring (bicyclic) bond motifs is 1. The van der Waals surface area contributed by atoms with Crippen molar-refractivity contribution >= 4 is 17.1 Å². The van der Waals surface area contributed by atoms with Gasteiger partial charge in [0.25, 0.3) is 5.56 Å². The molecule has 2 N–H and O–H groups in total. The van der Waals surface area contributed by atoms with Crippen molar-refractivity contribution in [2.24, 2.45) is 0 Å². The second-order valence-electron chi connectivity index (χ2n) is 9.16. The number of H-pyrrole nitrogens is 1. The van der Waals surface area contributed by atoms with Crippen LogP contribution in [0.25, 0.3) is 11.0 Å². The van der Waals surface area contributed by atoms with Crippen molar-refractivity contribution in [1.29, 1.82) is 0 Å². The summed E-state index contributed by atoms with van der Waals surface area (Å²) in [7, 11) is 0. The molecule has 1 saturated heterocycles. The van der Waals surface area contributed by atoms with Gasteiger partial charge in [0.05, 0.1) is 23.7 Å². The van der Waals surface area contributed by atoms with E-state index < -0.39 is 0 Å². The Labute approximate surface area is 187 Å². The van der Waals surface area contributed by atoms with Gasteiger partial charge in [-0.2, -0.15) is 5.10 Å². The Hall–Kier alpha value is -3.16. The minimum Gasteiger partial charge on any atom is -0.331 e. The number of carbonyl (C=O) groups is 1. The van der Waals surface area contributed by atoms with Crippen molar-refractivity contribution in [2.75, 3.05) is 13.1 Å². The van der Waals surface area contributed by atoms with Crippen LogP contribution in [0.2, 0.25) is 0 Å². The van der Waals surface area contributed by atoms with E-state index in [0.29, 0.717) is 36.0 Å². The normalized spacial score (nSPS) is 18.5. The SMILES string of the molecule is Cc1nn(C2CCCCC2)c2nc(C3CN(C(=O)N[C@@H](C)c4ccccc4)C3)[nH]c(=O)c12. The van der Waals surface area contributed by atoms with Gasteiger partial charge >= 0.3 is 6.03 Å². The van der Waals surface area contributed by atoms with Crippen LogP contribution in [0.3, 0.4) is 0 Å². The van der Waals surface area contributed by atoms with E-state index in [2.05, 4.69) is 15.4 Å². The maximum Gasteiger partial charge on any atom is 0.317 e. The van der Waals surface area contributed by atoms with E-state index >= 15 is 0 Å². The second-order valence-corrected chi connectivity index (χ2v) is 9.16. The molecule has 168 valence electrons. The lowest BCUT2D eigenvalue weighted by Gasteiger charge is -2.39. The van der Waals surface area contributed by atoms with Gasteiger partial charge in [0.2, 0.25) is 0 Å². The number of hydrogen-bond acceptors (Lipinski definition) is 4. The highest BCUT2D eigenvalue weighted by molar-refractivity contribution is 5.78. The average Bonchev–Trinajstić information content (AvgIpc) is 3.11. The minimum absolute atomic E-state index is 0.0277. The first-order valence-electron chi connectivity index (χ1n) is 11.6. The second kappa shape index (κ2) is 8.41. The molecule has 1 aliphatic heterocycles. The summed E-state index contributed by atoms with van der Waals surface area (Å²) >= 11 is 0. The number of aryl methyl sites for hydroxylation is 1. The third kappa shape index (κ3) is 3.78. The van der Waals surface area contributed by atoms with E-state index in [4.69, 9.17) is 4.98 Å². The van der Waals surface area contributed by atoms with Gasteiger partial charge in [-0.05, 0) is 32.3 Å². The molecule has 0 radical (unpaired) electrons. The predicted molar refractivity (Wildman–Crippen MR) is 123 cm³/mol. The van der Waals surface area contributed by atoms with Gasteiger partial charge < -0.3 is 15.2 Å². The van der Waals surface area contributed by atoms with Crippen molar-refractivity contribution in [3.63, 3.8) is 0 Å². The molecular weight excluding hydrogens is 404 g/mol. The summed E-state index contributed by atoms with van der Waals surface area (Å²) in [5.41, 5.74) is 2.36. The molecule has 5 rings (SSSR count). The Balaban J connectivity index is 1.31. The van der Waals surface area contributed by atoms with E-state index in [0.717, 1.165) is 24.1 Å². The minimum atomic E-state index is -0.134. The number of aromatic nitrogens is 4. The van der Waals surface area contributed by atoms with Crippen molar-refractivity contribution in [2.45, 2.75) is 64.0 Å². The molecule has 2 fully saturated rings. The molecule has 1 aromatic carbocycles. The van der Waals surface area contributed by atoms with Crippen molar-refractivity contribution < 1.29 is 4.79 Å². The molecule has 1 aliphatic carbocycles. The van der Waals surface area contributed by atoms with Crippen LogP contribution >= 0.6 is 0 Å². The van der Waals surface area contributed by atoms with Gasteiger partial charge in [-0.15, -0.1) is 0 Å². The zero-order chi connectivity index (χ0) is 22.2. The van der Waals surface area contributed by atoms with E-state index in [1.807, 2.05) is 48.9 Å². The van der Waals surface area contributed by atoms with Crippen molar-refractivity contribution in [3.05, 3.63) is 57.8 Å². The van der Waals surface area contributed by atoms with Crippen LogP contribution < -0.4 is 10.9 Å². The summed E-state index contributed by atoms with van der Waals surface area (Å²) in [4.78, 5) is 35.0. The number of nitrogens with zero attached hydrogens (tertiary/aromatic N) is 4. The zero-order valence-electron chi connectivity index (χ0n) is 18.7. The maximum atomic E-state index is 12.8. The van der Waals surface area contributed by atoms with Crippen LogP contribution in [0.15, 0.2) is 35.1 Å². The van der Waals surface area contributed by atoms with Crippen molar-refractivity contribution in [1.82, 2.24) is 30.0 Å². The first-order valence-corrected chi connectivity index (χ1v) is 11.6. The summed E-state index contributed by atoms with van der Waals surface area (Å²) < 4.78 is 1.98. The molecule has 2 amide bonds. The van der Waals surface area contributed by atoms with Crippen molar-refractivity contribution in [3.8, 4) is 0 Å². The van der Waals surface area contributed by atoms with Gasteiger partial charge in [0.15, 0.2) is 5.65 Å². The molecule has 1 saturated carbocycles. The van der Waals surface area contributed by atoms with E-state index in [9.17, 15) is 9.59 Å². The Morgan fingerprint density at radius 2 is 1.88 bits per heavy atom. The van der Waals surface area contributed by atoms with E-state index in [-0.39, 0.29) is 23.6 Å². The lowest BCUT2D eigenvalue weighted by Crippen LogP contribution is -2.53. The van der Waals surface area contributed by atoms with Crippen LogP contribution in [0.1, 0.15) is 74.1 Å². The fourth-order valence-electron chi connectivity index (χ4n) is 4.92. The van der Waals surface area contributed by atoms with Gasteiger partial charge in [0, 0.05) is 13.1 Å². The molecule has 0 unspecified atom stereocenters. The Morgan fingerprint density at radius 3 is 2.59 bits per heavy atom. The number of likely N-dealkylation sites (tertiary alicyclic amines) is 1. The number of rotatable bonds is 4. The number of benzene rings is 1. The molecule has 2 aromatic heterocycles. The Bertz CT molecular complexity index is 1170. The van der Waals surface area contributed by atoms with Crippen LogP contribution in [0.4, 0.5) is 4.79 Å². The molecular formula is C24H30N6O2. The number of hydrogen-bond donors (Lipinski definition) is 2. The smallest absolute Gasteiger partial charge is 0.317 e. The first-order chi connectivity index (χ1) is 15.5. The first kappa shape index (κ1) is 20.7. The Morgan fingerprint density at radius 1 is 1.16 bits per heavy atom. The van der Waals surface area contributed by atoms with Crippen LogP contribution in [0.5, 0.6) is 0 Å². The predicted octanol–water partition coefficient (Wildman–Crippen LogP) is 3.80. The summed E-state index contributed by atoms with van der Waals surface area (Å²) in [5.74, 6) is 0.680. The molecule has 32 heavy (non-hydrogen) atoms. The number of nitrogens with one attached hydrogen (secondary N) is 2. The molecule has 8 heteroatoms. The highest BCUT2D eigenvalue weighted by Crippen LogP contribution is 2.31. The zero-order valence-corrected chi connectivity index (χ0v) is 18.7. The fourth-order valence-corrected chi connectivity index (χ4v) is 4.92. The summed E-state index contributed by atoms with van der Waals surface area (Å²) in [5, 5.41) is 8.32. The van der Waals surface area contributed by atoms with Gasteiger partial charge in [-0.1, -0.05) is 49.6 Å². The summed E-state index contributed by atoms with van der Waals surface area (Å²) in [6.07, 6.45) is 5.80. The number of carbonyl (C=O) groups excluding carboxylic acids is 1.